The van der Waals surface area contributed by atoms with Crippen LogP contribution in [0.5, 0.6) is 5.95 Å². The molecule has 2 unspecified atom stereocenters. The molecule has 0 radical (unpaired) electrons. The van der Waals surface area contributed by atoms with E-state index in [4.69, 9.17) is 9.26 Å². The summed E-state index contributed by atoms with van der Waals surface area (Å²) in [6, 6.07) is 5.87. The van der Waals surface area contributed by atoms with Crippen LogP contribution in [-0.4, -0.2) is 21.4 Å². The van der Waals surface area contributed by atoms with Crippen molar-refractivity contribution in [2.45, 2.75) is 57.5 Å². The highest BCUT2D eigenvalue weighted by molar-refractivity contribution is 5.33. The third kappa shape index (κ3) is 3.68. The number of aliphatic hydroxyl groups excluding tert-OH is 1. The summed E-state index contributed by atoms with van der Waals surface area (Å²) in [5.41, 5.74) is 0.160. The Morgan fingerprint density at radius 2 is 2.12 bits per heavy atom. The van der Waals surface area contributed by atoms with Gasteiger partial charge < -0.3 is 19.5 Å². The fraction of sp³-hybridized carbons (Fsp3) is 0.529. The second-order valence-corrected chi connectivity index (χ2v) is 6.91. The highest BCUT2D eigenvalue weighted by atomic mass is 16.6. The van der Waals surface area contributed by atoms with Crippen molar-refractivity contribution in [1.29, 1.82) is 0 Å². The second-order valence-electron chi connectivity index (χ2n) is 6.91. The molecule has 0 spiro atoms. The van der Waals surface area contributed by atoms with Gasteiger partial charge in [0.2, 0.25) is 0 Å². The van der Waals surface area contributed by atoms with Crippen molar-refractivity contribution in [2.24, 2.45) is 0 Å². The van der Waals surface area contributed by atoms with E-state index >= 15 is 0 Å². The summed E-state index contributed by atoms with van der Waals surface area (Å²) in [6.45, 7) is 4.09. The molecule has 1 aromatic heterocycles. The van der Waals surface area contributed by atoms with Crippen molar-refractivity contribution in [2.75, 3.05) is 0 Å². The zero-order valence-electron chi connectivity index (χ0n) is 14.6. The van der Waals surface area contributed by atoms with Gasteiger partial charge in [0.25, 0.3) is 11.4 Å². The zero-order chi connectivity index (χ0) is 18.9. The molecular weight excluding hydrogens is 342 g/mol. The molecule has 9 nitrogen and oxygen atoms in total. The Hall–Kier alpha value is -2.52. The summed E-state index contributed by atoms with van der Waals surface area (Å²) in [6.07, 6.45) is 0.763. The lowest BCUT2D eigenvalue weighted by Gasteiger charge is -2.26. The molecule has 26 heavy (non-hydrogen) atoms. The third-order valence-electron chi connectivity index (χ3n) is 4.62. The first kappa shape index (κ1) is 18.3. The van der Waals surface area contributed by atoms with Crippen molar-refractivity contribution in [3.8, 4) is 5.95 Å². The van der Waals surface area contributed by atoms with Crippen LogP contribution >= 0.6 is 0 Å². The lowest BCUT2D eigenvalue weighted by molar-refractivity contribution is -0.770. The Bertz CT molecular complexity index is 786. The minimum absolute atomic E-state index is 0.0111. The van der Waals surface area contributed by atoms with Crippen molar-refractivity contribution in [3.63, 3.8) is 0 Å². The number of hydrogen-bond donors (Lipinski definition) is 1. The van der Waals surface area contributed by atoms with Gasteiger partial charge in [-0.05, 0) is 44.4 Å². The number of rotatable bonds is 5. The van der Waals surface area contributed by atoms with E-state index in [2.05, 4.69) is 5.27 Å². The van der Waals surface area contributed by atoms with Gasteiger partial charge in [0.15, 0.2) is 18.1 Å². The quantitative estimate of drug-likeness (QED) is 0.484. The van der Waals surface area contributed by atoms with E-state index in [-0.39, 0.29) is 11.8 Å². The van der Waals surface area contributed by atoms with Crippen LogP contribution in [0.4, 0.5) is 5.69 Å². The molecule has 1 aliphatic heterocycles. The summed E-state index contributed by atoms with van der Waals surface area (Å²) in [4.78, 5) is 10.2. The Labute approximate surface area is 149 Å². The van der Waals surface area contributed by atoms with E-state index in [1.165, 1.54) is 16.8 Å². The number of fused-ring (bicyclic) bond motifs is 1. The Kier molecular flexibility index (Phi) is 4.92. The zero-order valence-corrected chi connectivity index (χ0v) is 14.6. The molecule has 0 fully saturated rings. The first-order valence-corrected chi connectivity index (χ1v) is 8.45. The van der Waals surface area contributed by atoms with Gasteiger partial charge in [0.1, 0.15) is 0 Å². The van der Waals surface area contributed by atoms with E-state index in [0.29, 0.717) is 37.1 Å². The van der Waals surface area contributed by atoms with E-state index in [0.717, 1.165) is 0 Å². The number of aliphatic hydroxyl groups is 1. The monoisotopic (exact) mass is 363 g/mol. The van der Waals surface area contributed by atoms with Gasteiger partial charge in [0, 0.05) is 18.6 Å². The predicted octanol–water partition coefficient (Wildman–Crippen LogP) is 1.48. The molecule has 0 saturated carbocycles. The van der Waals surface area contributed by atoms with Crippen LogP contribution in [-0.2, 0) is 16.9 Å². The van der Waals surface area contributed by atoms with Crippen molar-refractivity contribution in [3.05, 3.63) is 45.6 Å². The first-order valence-electron chi connectivity index (χ1n) is 8.45. The number of hydrogen-bond acceptors (Lipinski definition) is 7. The fourth-order valence-corrected chi connectivity index (χ4v) is 3.31. The van der Waals surface area contributed by atoms with Gasteiger partial charge >= 0.3 is 0 Å². The molecular formula is C17H21N3O6. The minimum atomic E-state index is -0.837. The molecule has 0 saturated heterocycles. The number of nitro benzene ring substituents is 1. The van der Waals surface area contributed by atoms with Gasteiger partial charge in [-0.3, -0.25) is 10.1 Å². The lowest BCUT2D eigenvalue weighted by atomic mass is 10.0. The minimum Gasteiger partial charge on any atom is -0.539 e. The van der Waals surface area contributed by atoms with E-state index in [9.17, 15) is 20.3 Å². The van der Waals surface area contributed by atoms with Crippen LogP contribution in [0.3, 0.4) is 0 Å². The average Bonchev–Trinajstić information content (AvgIpc) is 2.92. The number of aromatic nitrogens is 2. The summed E-state index contributed by atoms with van der Waals surface area (Å²) < 4.78 is 12.3. The summed E-state index contributed by atoms with van der Waals surface area (Å²) in [5, 5.41) is 36.6. The standard InChI is InChI=1S/C17H21N3O6/c1-17(2)15-16(22)26-18-19(15)10-9-13(25-17)7-8-14(21)11-3-5-12(6-4-11)20(23)24/h3-6,13-14,21H,7-10H2,1-2H3. The van der Waals surface area contributed by atoms with Gasteiger partial charge in [-0.2, -0.15) is 0 Å². The lowest BCUT2D eigenvalue weighted by Crippen LogP contribution is -2.43. The highest BCUT2D eigenvalue weighted by Gasteiger charge is 2.40. The number of non-ortho nitro benzene ring substituents is 1. The van der Waals surface area contributed by atoms with Gasteiger partial charge in [-0.1, -0.05) is 4.68 Å². The summed E-state index contributed by atoms with van der Waals surface area (Å²) >= 11 is 0. The Balaban J connectivity index is 1.62. The number of aryl methyl sites for hydroxylation is 1. The van der Waals surface area contributed by atoms with Crippen LogP contribution in [0.15, 0.2) is 28.8 Å². The maximum absolute atomic E-state index is 11.8. The maximum Gasteiger partial charge on any atom is 0.269 e. The molecule has 0 bridgehead atoms. The number of ether oxygens (including phenoxy) is 1. The topological polar surface area (TPSA) is 126 Å². The number of benzene rings is 1. The maximum atomic E-state index is 11.8. The molecule has 2 aromatic rings. The first-order chi connectivity index (χ1) is 12.3. The van der Waals surface area contributed by atoms with Crippen LogP contribution in [0.25, 0.3) is 0 Å². The average molecular weight is 363 g/mol. The van der Waals surface area contributed by atoms with Gasteiger partial charge in [-0.25, -0.2) is 0 Å². The van der Waals surface area contributed by atoms with Crippen LogP contribution in [0.1, 0.15) is 50.5 Å². The van der Waals surface area contributed by atoms with Crippen LogP contribution in [0.2, 0.25) is 0 Å². The van der Waals surface area contributed by atoms with Crippen molar-refractivity contribution < 1.29 is 29.1 Å². The normalized spacial score (nSPS) is 20.2. The second kappa shape index (κ2) is 7.00. The van der Waals surface area contributed by atoms with Crippen LogP contribution in [0, 0.1) is 10.1 Å². The van der Waals surface area contributed by atoms with Gasteiger partial charge in [-0.15, -0.1) is 0 Å². The molecule has 3 rings (SSSR count). The van der Waals surface area contributed by atoms with Crippen molar-refractivity contribution >= 4 is 5.69 Å². The molecule has 9 heteroatoms. The number of nitro groups is 1. The molecule has 1 aliphatic rings. The Morgan fingerprint density at radius 1 is 1.42 bits per heavy atom. The van der Waals surface area contributed by atoms with Crippen molar-refractivity contribution in [1.82, 2.24) is 5.27 Å². The molecule has 0 amide bonds. The summed E-state index contributed by atoms with van der Waals surface area (Å²) in [5.74, 6) is -0.499. The summed E-state index contributed by atoms with van der Waals surface area (Å²) in [7, 11) is 0. The van der Waals surface area contributed by atoms with Crippen LogP contribution < -0.4 is 9.79 Å². The molecule has 1 aromatic carbocycles. The van der Waals surface area contributed by atoms with E-state index < -0.39 is 22.6 Å². The number of nitrogens with zero attached hydrogens (tertiary/aromatic N) is 3. The molecule has 1 N–H and O–H groups in total. The smallest absolute Gasteiger partial charge is 0.269 e. The predicted molar refractivity (Wildman–Crippen MR) is 86.0 cm³/mol. The molecule has 0 aliphatic carbocycles. The highest BCUT2D eigenvalue weighted by Crippen LogP contribution is 2.33. The van der Waals surface area contributed by atoms with E-state index in [1.54, 1.807) is 26.0 Å². The largest absolute Gasteiger partial charge is 0.539 e. The molecule has 140 valence electrons. The van der Waals surface area contributed by atoms with Gasteiger partial charge in [0.05, 0.1) is 22.4 Å². The molecule has 2 heterocycles. The Morgan fingerprint density at radius 3 is 2.77 bits per heavy atom. The molecule has 2 atom stereocenters. The SMILES string of the molecule is CC1(C)OC(CCC(O)c2ccc([N+](=O)[O-])cc2)CC[n+]2noc([O-])c21. The third-order valence-corrected chi connectivity index (χ3v) is 4.62. The fourth-order valence-electron chi connectivity index (χ4n) is 3.31. The van der Waals surface area contributed by atoms with E-state index in [1.807, 2.05) is 0 Å².